The lowest BCUT2D eigenvalue weighted by Crippen LogP contribution is -1.94. The molecule has 1 nitrogen and oxygen atoms in total. The molecular formula is C10H14ClN. The monoisotopic (exact) mass is 183 g/mol. The van der Waals surface area contributed by atoms with E-state index in [1.165, 1.54) is 11.1 Å². The molecule has 1 aromatic rings. The average molecular weight is 184 g/mol. The molecule has 0 aliphatic heterocycles. The van der Waals surface area contributed by atoms with Crippen molar-refractivity contribution in [2.45, 2.75) is 20.3 Å². The van der Waals surface area contributed by atoms with Crippen molar-refractivity contribution in [1.29, 1.82) is 0 Å². The Morgan fingerprint density at radius 1 is 1.42 bits per heavy atom. The Balaban J connectivity index is 3.18. The largest absolute Gasteiger partial charge is 0.387 e. The van der Waals surface area contributed by atoms with Gasteiger partial charge in [0.1, 0.15) is 0 Å². The molecule has 0 fully saturated rings. The van der Waals surface area contributed by atoms with Gasteiger partial charge in [-0.25, -0.2) is 0 Å². The molecule has 0 aliphatic rings. The van der Waals surface area contributed by atoms with Crippen LogP contribution in [0.5, 0.6) is 0 Å². The molecule has 0 bridgehead atoms. The Labute approximate surface area is 78.7 Å². The SMILES string of the molecule is CCc1cc(C)c(NC)c(Cl)c1. The van der Waals surface area contributed by atoms with Crippen LogP contribution in [0.15, 0.2) is 12.1 Å². The van der Waals surface area contributed by atoms with Crippen LogP contribution < -0.4 is 5.32 Å². The molecule has 1 N–H and O–H groups in total. The zero-order valence-corrected chi connectivity index (χ0v) is 8.50. The molecule has 0 radical (unpaired) electrons. The Morgan fingerprint density at radius 3 is 2.50 bits per heavy atom. The van der Waals surface area contributed by atoms with Crippen LogP contribution in [0.2, 0.25) is 5.02 Å². The maximum Gasteiger partial charge on any atom is 0.0642 e. The fourth-order valence-corrected chi connectivity index (χ4v) is 1.72. The number of hydrogen-bond donors (Lipinski definition) is 1. The topological polar surface area (TPSA) is 12.0 Å². The molecule has 0 saturated heterocycles. The van der Waals surface area contributed by atoms with Crippen molar-refractivity contribution in [2.75, 3.05) is 12.4 Å². The summed E-state index contributed by atoms with van der Waals surface area (Å²) in [5.41, 5.74) is 3.53. The molecule has 0 spiro atoms. The Kier molecular flexibility index (Phi) is 2.99. The van der Waals surface area contributed by atoms with E-state index in [0.29, 0.717) is 0 Å². The Morgan fingerprint density at radius 2 is 2.08 bits per heavy atom. The summed E-state index contributed by atoms with van der Waals surface area (Å²) in [6, 6.07) is 4.18. The number of aryl methyl sites for hydroxylation is 2. The van der Waals surface area contributed by atoms with Gasteiger partial charge in [-0.3, -0.25) is 0 Å². The van der Waals surface area contributed by atoms with Gasteiger partial charge in [-0.15, -0.1) is 0 Å². The summed E-state index contributed by atoms with van der Waals surface area (Å²) in [6.45, 7) is 4.20. The number of benzene rings is 1. The van der Waals surface area contributed by atoms with Crippen molar-refractivity contribution < 1.29 is 0 Å². The van der Waals surface area contributed by atoms with Crippen LogP contribution in [-0.4, -0.2) is 7.05 Å². The lowest BCUT2D eigenvalue weighted by molar-refractivity contribution is 1.13. The van der Waals surface area contributed by atoms with E-state index < -0.39 is 0 Å². The minimum absolute atomic E-state index is 0.814. The highest BCUT2D eigenvalue weighted by Crippen LogP contribution is 2.26. The van der Waals surface area contributed by atoms with Gasteiger partial charge < -0.3 is 5.32 Å². The number of nitrogens with one attached hydrogen (secondary N) is 1. The summed E-state index contributed by atoms with van der Waals surface area (Å²) in [4.78, 5) is 0. The van der Waals surface area contributed by atoms with E-state index >= 15 is 0 Å². The van der Waals surface area contributed by atoms with Crippen LogP contribution in [0.4, 0.5) is 5.69 Å². The quantitative estimate of drug-likeness (QED) is 0.743. The van der Waals surface area contributed by atoms with Crippen molar-refractivity contribution in [3.63, 3.8) is 0 Å². The highest BCUT2D eigenvalue weighted by Gasteiger charge is 2.03. The van der Waals surface area contributed by atoms with Crippen molar-refractivity contribution in [1.82, 2.24) is 0 Å². The van der Waals surface area contributed by atoms with E-state index in [1.807, 2.05) is 13.1 Å². The van der Waals surface area contributed by atoms with Crippen molar-refractivity contribution >= 4 is 17.3 Å². The van der Waals surface area contributed by atoms with Gasteiger partial charge in [0.2, 0.25) is 0 Å². The van der Waals surface area contributed by atoms with E-state index in [2.05, 4.69) is 25.2 Å². The normalized spacial score (nSPS) is 10.0. The fraction of sp³-hybridized carbons (Fsp3) is 0.400. The lowest BCUT2D eigenvalue weighted by Gasteiger charge is -2.09. The predicted octanol–water partition coefficient (Wildman–Crippen LogP) is 3.25. The van der Waals surface area contributed by atoms with Crippen LogP contribution in [0.25, 0.3) is 0 Å². The maximum absolute atomic E-state index is 6.05. The molecule has 0 unspecified atom stereocenters. The van der Waals surface area contributed by atoms with Crippen LogP contribution >= 0.6 is 11.6 Å². The molecule has 0 amide bonds. The third kappa shape index (κ3) is 1.72. The zero-order chi connectivity index (χ0) is 9.14. The first kappa shape index (κ1) is 9.40. The molecule has 0 atom stereocenters. The second kappa shape index (κ2) is 3.81. The van der Waals surface area contributed by atoms with Gasteiger partial charge in [0.05, 0.1) is 10.7 Å². The van der Waals surface area contributed by atoms with E-state index in [0.717, 1.165) is 17.1 Å². The van der Waals surface area contributed by atoms with Gasteiger partial charge in [0.15, 0.2) is 0 Å². The van der Waals surface area contributed by atoms with Crippen LogP contribution in [0.3, 0.4) is 0 Å². The number of anilines is 1. The third-order valence-corrected chi connectivity index (χ3v) is 2.30. The molecule has 2 heteroatoms. The van der Waals surface area contributed by atoms with Gasteiger partial charge >= 0.3 is 0 Å². The standard InChI is InChI=1S/C10H14ClN/c1-4-8-5-7(2)10(12-3)9(11)6-8/h5-6,12H,4H2,1-3H3. The van der Waals surface area contributed by atoms with E-state index in [4.69, 9.17) is 11.6 Å². The molecule has 66 valence electrons. The summed E-state index contributed by atoms with van der Waals surface area (Å²) in [6.07, 6.45) is 1.03. The minimum atomic E-state index is 0.814. The number of rotatable bonds is 2. The Hall–Kier alpha value is -0.690. The van der Waals surface area contributed by atoms with E-state index in [-0.39, 0.29) is 0 Å². The Bertz CT molecular complexity index is 258. The molecule has 0 heterocycles. The summed E-state index contributed by atoms with van der Waals surface area (Å²) >= 11 is 6.05. The molecule has 0 saturated carbocycles. The first-order valence-electron chi connectivity index (χ1n) is 4.15. The summed E-state index contributed by atoms with van der Waals surface area (Å²) in [5, 5.41) is 3.90. The van der Waals surface area contributed by atoms with Gasteiger partial charge in [-0.2, -0.15) is 0 Å². The lowest BCUT2D eigenvalue weighted by atomic mass is 10.1. The van der Waals surface area contributed by atoms with Crippen molar-refractivity contribution in [3.05, 3.63) is 28.3 Å². The predicted molar refractivity (Wildman–Crippen MR) is 55.1 cm³/mol. The second-order valence-corrected chi connectivity index (χ2v) is 3.28. The molecule has 12 heavy (non-hydrogen) atoms. The van der Waals surface area contributed by atoms with Gasteiger partial charge in [-0.05, 0) is 30.5 Å². The minimum Gasteiger partial charge on any atom is -0.387 e. The highest BCUT2D eigenvalue weighted by molar-refractivity contribution is 6.33. The van der Waals surface area contributed by atoms with E-state index in [1.54, 1.807) is 0 Å². The van der Waals surface area contributed by atoms with Crippen LogP contribution in [-0.2, 0) is 6.42 Å². The zero-order valence-electron chi connectivity index (χ0n) is 7.74. The smallest absolute Gasteiger partial charge is 0.0642 e. The molecule has 1 aromatic carbocycles. The molecular weight excluding hydrogens is 170 g/mol. The fourth-order valence-electron chi connectivity index (χ4n) is 1.34. The summed E-state index contributed by atoms with van der Waals surface area (Å²) in [7, 11) is 1.89. The number of halogens is 1. The molecule has 1 rings (SSSR count). The van der Waals surface area contributed by atoms with Crippen LogP contribution in [0.1, 0.15) is 18.1 Å². The summed E-state index contributed by atoms with van der Waals surface area (Å²) < 4.78 is 0. The van der Waals surface area contributed by atoms with Crippen molar-refractivity contribution in [2.24, 2.45) is 0 Å². The summed E-state index contributed by atoms with van der Waals surface area (Å²) in [5.74, 6) is 0. The highest BCUT2D eigenvalue weighted by atomic mass is 35.5. The van der Waals surface area contributed by atoms with Crippen LogP contribution in [0, 0.1) is 6.92 Å². The average Bonchev–Trinajstić information content (AvgIpc) is 2.03. The third-order valence-electron chi connectivity index (χ3n) is 2.01. The maximum atomic E-state index is 6.05. The first-order chi connectivity index (χ1) is 5.69. The van der Waals surface area contributed by atoms with Crippen molar-refractivity contribution in [3.8, 4) is 0 Å². The van der Waals surface area contributed by atoms with Gasteiger partial charge in [0, 0.05) is 7.05 Å². The molecule has 0 aromatic heterocycles. The first-order valence-corrected chi connectivity index (χ1v) is 4.53. The van der Waals surface area contributed by atoms with Gasteiger partial charge in [-0.1, -0.05) is 24.6 Å². The number of hydrogen-bond acceptors (Lipinski definition) is 1. The van der Waals surface area contributed by atoms with Gasteiger partial charge in [0.25, 0.3) is 0 Å². The second-order valence-electron chi connectivity index (χ2n) is 2.87. The van der Waals surface area contributed by atoms with E-state index in [9.17, 15) is 0 Å². The molecule has 0 aliphatic carbocycles.